The third-order valence-corrected chi connectivity index (χ3v) is 10.4. The van der Waals surface area contributed by atoms with E-state index in [1.54, 1.807) is 51.1 Å². The topological polar surface area (TPSA) is 149 Å². The molecule has 2 bridgehead atoms. The van der Waals surface area contributed by atoms with E-state index in [1.807, 2.05) is 6.92 Å². The Morgan fingerprint density at radius 3 is 2.22 bits per heavy atom. The molecule has 0 spiro atoms. The third-order valence-electron chi connectivity index (χ3n) is 10.4. The summed E-state index contributed by atoms with van der Waals surface area (Å²) in [5, 5.41) is 36.9. The first-order valence-corrected chi connectivity index (χ1v) is 14.1. The summed E-state index contributed by atoms with van der Waals surface area (Å²) in [4.78, 5) is 38.7. The first-order chi connectivity index (χ1) is 19.1. The molecule has 3 aliphatic carbocycles. The Balaban J connectivity index is 1.81. The van der Waals surface area contributed by atoms with Crippen molar-refractivity contribution in [1.29, 1.82) is 0 Å². The average molecular weight is 573 g/mol. The van der Waals surface area contributed by atoms with Crippen LogP contribution in [0.3, 0.4) is 0 Å². The number of esters is 3. The maximum Gasteiger partial charge on any atom is 0.338 e. The van der Waals surface area contributed by atoms with Gasteiger partial charge in [0.15, 0.2) is 11.7 Å². The molecular weight excluding hydrogens is 532 g/mol. The molecule has 3 fully saturated rings. The fourth-order valence-electron chi connectivity index (χ4n) is 8.18. The Labute approximate surface area is 239 Å². The molecule has 3 N–H and O–H groups in total. The molecule has 224 valence electrons. The van der Waals surface area contributed by atoms with Gasteiger partial charge in [0.25, 0.3) is 0 Å². The van der Waals surface area contributed by atoms with Gasteiger partial charge in [0, 0.05) is 31.1 Å². The fourth-order valence-corrected chi connectivity index (χ4v) is 8.18. The second kappa shape index (κ2) is 9.90. The molecule has 1 aromatic rings. The van der Waals surface area contributed by atoms with Crippen LogP contribution in [0.1, 0.15) is 71.2 Å². The zero-order valence-electron chi connectivity index (χ0n) is 24.4. The molecule has 5 unspecified atom stereocenters. The largest absolute Gasteiger partial charge is 0.455 e. The van der Waals surface area contributed by atoms with E-state index in [2.05, 4.69) is 0 Å². The highest BCUT2D eigenvalue weighted by atomic mass is 16.6. The van der Waals surface area contributed by atoms with Gasteiger partial charge in [-0.2, -0.15) is 0 Å². The Kier molecular flexibility index (Phi) is 7.17. The molecule has 1 heterocycles. The molecule has 0 radical (unpaired) electrons. The van der Waals surface area contributed by atoms with Gasteiger partial charge in [-0.15, -0.1) is 0 Å². The van der Waals surface area contributed by atoms with Crippen LogP contribution in [0.2, 0.25) is 0 Å². The lowest BCUT2D eigenvalue weighted by Crippen LogP contribution is -2.82. The molecule has 10 nitrogen and oxygen atoms in total. The van der Waals surface area contributed by atoms with Gasteiger partial charge in [0.2, 0.25) is 0 Å². The van der Waals surface area contributed by atoms with Gasteiger partial charge >= 0.3 is 17.9 Å². The smallest absolute Gasteiger partial charge is 0.338 e. The van der Waals surface area contributed by atoms with E-state index in [-0.39, 0.29) is 25.0 Å². The number of allylic oxidation sites excluding steroid dienone is 1. The van der Waals surface area contributed by atoms with Crippen LogP contribution in [-0.2, 0) is 28.5 Å². The van der Waals surface area contributed by atoms with Crippen molar-refractivity contribution in [2.24, 2.45) is 16.7 Å². The maximum atomic E-state index is 13.7. The summed E-state index contributed by atoms with van der Waals surface area (Å²) in [6.45, 7) is 9.41. The molecule has 41 heavy (non-hydrogen) atoms. The maximum absolute atomic E-state index is 13.7. The molecule has 1 aromatic carbocycles. The Morgan fingerprint density at radius 1 is 1.00 bits per heavy atom. The predicted octanol–water partition coefficient (Wildman–Crippen LogP) is 2.47. The number of ether oxygens (including phenoxy) is 4. The van der Waals surface area contributed by atoms with Gasteiger partial charge in [0.05, 0.1) is 24.2 Å². The van der Waals surface area contributed by atoms with Gasteiger partial charge in [-0.1, -0.05) is 44.5 Å². The van der Waals surface area contributed by atoms with Crippen molar-refractivity contribution in [3.63, 3.8) is 0 Å². The van der Waals surface area contributed by atoms with E-state index < -0.39 is 76.4 Å². The normalized spacial score (nSPS) is 41.0. The van der Waals surface area contributed by atoms with Crippen molar-refractivity contribution in [2.45, 2.75) is 103 Å². The van der Waals surface area contributed by atoms with E-state index in [1.165, 1.54) is 13.8 Å². The highest BCUT2D eigenvalue weighted by Gasteiger charge is 2.77. The van der Waals surface area contributed by atoms with Crippen LogP contribution in [0, 0.1) is 16.7 Å². The van der Waals surface area contributed by atoms with Crippen molar-refractivity contribution < 1.29 is 48.7 Å². The van der Waals surface area contributed by atoms with Crippen LogP contribution in [-0.4, -0.2) is 81.6 Å². The Morgan fingerprint density at radius 2 is 1.66 bits per heavy atom. The van der Waals surface area contributed by atoms with E-state index in [0.29, 0.717) is 12.0 Å². The molecule has 2 saturated carbocycles. The zero-order chi connectivity index (χ0) is 30.1. The molecule has 0 amide bonds. The number of rotatable bonds is 4. The van der Waals surface area contributed by atoms with Crippen LogP contribution in [0.5, 0.6) is 0 Å². The summed E-state index contributed by atoms with van der Waals surface area (Å²) in [7, 11) is 0. The first-order valence-electron chi connectivity index (χ1n) is 14.1. The van der Waals surface area contributed by atoms with Crippen LogP contribution >= 0.6 is 0 Å². The minimum Gasteiger partial charge on any atom is -0.455 e. The van der Waals surface area contributed by atoms with Crippen LogP contribution < -0.4 is 0 Å². The number of carbonyl (C=O) groups is 3. The lowest BCUT2D eigenvalue weighted by atomic mass is 9.44. The summed E-state index contributed by atoms with van der Waals surface area (Å²) in [6.07, 6.45) is -5.63. The van der Waals surface area contributed by atoms with Gasteiger partial charge in [-0.3, -0.25) is 9.59 Å². The highest BCUT2D eigenvalue weighted by molar-refractivity contribution is 5.89. The zero-order valence-corrected chi connectivity index (χ0v) is 24.4. The van der Waals surface area contributed by atoms with E-state index in [9.17, 15) is 29.7 Å². The molecule has 4 aliphatic rings. The molecule has 0 aromatic heterocycles. The lowest BCUT2D eigenvalue weighted by molar-refractivity contribution is -0.364. The Bertz CT molecular complexity index is 1270. The van der Waals surface area contributed by atoms with Crippen LogP contribution in [0.4, 0.5) is 0 Å². The quantitative estimate of drug-likeness (QED) is 0.279. The van der Waals surface area contributed by atoms with Gasteiger partial charge in [-0.25, -0.2) is 4.79 Å². The second-order valence-electron chi connectivity index (χ2n) is 12.9. The number of fused-ring (bicyclic) bond motifs is 5. The summed E-state index contributed by atoms with van der Waals surface area (Å²) in [5.41, 5.74) is -4.44. The van der Waals surface area contributed by atoms with Crippen molar-refractivity contribution in [3.8, 4) is 0 Å². The molecule has 1 aliphatic heterocycles. The summed E-state index contributed by atoms with van der Waals surface area (Å²) >= 11 is 0. The van der Waals surface area contributed by atoms with E-state index in [4.69, 9.17) is 18.9 Å². The second-order valence-corrected chi connectivity index (χ2v) is 12.9. The van der Waals surface area contributed by atoms with Gasteiger partial charge < -0.3 is 34.3 Å². The molecule has 1 saturated heterocycles. The van der Waals surface area contributed by atoms with E-state index in [0.717, 1.165) is 5.57 Å². The monoisotopic (exact) mass is 572 g/mol. The Hall–Kier alpha value is -2.79. The van der Waals surface area contributed by atoms with E-state index >= 15 is 0 Å². The van der Waals surface area contributed by atoms with Crippen LogP contribution in [0.25, 0.3) is 0 Å². The third kappa shape index (κ3) is 4.17. The number of benzene rings is 1. The summed E-state index contributed by atoms with van der Waals surface area (Å²) in [5.74, 6) is -3.12. The average Bonchev–Trinajstić information content (AvgIpc) is 2.89. The minimum atomic E-state index is -1.79. The number of hydrogen-bond acceptors (Lipinski definition) is 10. The van der Waals surface area contributed by atoms with Crippen molar-refractivity contribution >= 4 is 17.9 Å². The highest BCUT2D eigenvalue weighted by Crippen LogP contribution is 2.65. The van der Waals surface area contributed by atoms with Crippen LogP contribution in [0.15, 0.2) is 41.5 Å². The number of hydrogen-bond donors (Lipinski definition) is 3. The van der Waals surface area contributed by atoms with Crippen molar-refractivity contribution in [3.05, 3.63) is 47.0 Å². The summed E-state index contributed by atoms with van der Waals surface area (Å²) < 4.78 is 23.9. The number of aliphatic hydroxyl groups is 3. The predicted molar refractivity (Wildman–Crippen MR) is 144 cm³/mol. The summed E-state index contributed by atoms with van der Waals surface area (Å²) in [6, 6.07) is 8.33. The molecule has 9 atom stereocenters. The lowest BCUT2D eigenvalue weighted by Gasteiger charge is -2.68. The van der Waals surface area contributed by atoms with Gasteiger partial charge in [0.1, 0.15) is 23.9 Å². The standard InChI is InChI=1S/C31H40O10/c1-16-12-13-31(37)26(40-27(36)19-10-8-7-9-11-19)24-29(6,20(34)14-21-30(24,15-38-21)41-18(3)33)25(35)23(39-17(2)32)22(16)28(31,4)5/h7-11,20-21,23-26,34-35,37H,12-15H2,1-6H3/t20?,21?,23?,24-,25?,26?,29+,30-,31+/m0/s1. The molecular formula is C31H40O10. The molecule has 10 heteroatoms. The first kappa shape index (κ1) is 29.7. The number of carbonyl (C=O) groups excluding carboxylic acids is 3. The van der Waals surface area contributed by atoms with Gasteiger partial charge in [-0.05, 0) is 37.5 Å². The van der Waals surface area contributed by atoms with Crippen molar-refractivity contribution in [1.82, 2.24) is 0 Å². The van der Waals surface area contributed by atoms with Crippen molar-refractivity contribution in [2.75, 3.05) is 6.61 Å². The molecule has 5 rings (SSSR count). The SMILES string of the molecule is CC(=O)OC1C2=C(C)CC[C@@](O)(C(OC(=O)c3ccccc3)[C@H]3[C@@](C)(C(O)CC4OC[C@]43OC(C)=O)C1O)C2(C)C. The number of aliphatic hydroxyl groups excluding tert-OH is 2. The minimum absolute atomic E-state index is 0.00331. The fraction of sp³-hybridized carbons (Fsp3) is 0.645.